The van der Waals surface area contributed by atoms with Crippen LogP contribution < -0.4 is 0 Å². The molecule has 12 nitrogen and oxygen atoms in total. The maximum Gasteiger partial charge on any atom is 0.164 e. The molecule has 0 N–H and O–H groups in total. The molecule has 0 saturated carbocycles. The summed E-state index contributed by atoms with van der Waals surface area (Å²) in [7, 11) is 0. The van der Waals surface area contributed by atoms with Crippen molar-refractivity contribution in [3.8, 4) is 169 Å². The Morgan fingerprint density at radius 1 is 0.113 bits per heavy atom. The molecule has 0 unspecified atom stereocenters. The third-order valence-electron chi connectivity index (χ3n) is 26.2. The van der Waals surface area contributed by atoms with Crippen LogP contribution in [-0.2, 0) is 0 Å². The molecule has 6 heterocycles. The Hall–Kier alpha value is -19.2. The van der Waals surface area contributed by atoms with Gasteiger partial charge in [-0.05, 0) is 166 Å². The van der Waals surface area contributed by atoms with Gasteiger partial charge >= 0.3 is 0 Å². The van der Waals surface area contributed by atoms with Gasteiger partial charge in [-0.2, -0.15) is 0 Å². The Bertz CT molecular complexity index is 9370. The predicted molar refractivity (Wildman–Crippen MR) is 575 cm³/mol. The van der Waals surface area contributed by atoms with E-state index in [1.165, 1.54) is 49.0 Å². The molecule has 0 atom stereocenters. The third-order valence-corrected chi connectivity index (χ3v) is 26.2. The number of para-hydroxylation sites is 3. The standard InChI is InChI=1S/3C43H27N3O/c1-2-10-31(11-3-1)41-44-42(32-22-17-29(18-23-32)35-26-19-28-9-4-5-12-34(28)27-35)46-43(45-41)33-24-20-30(21-25-33)36-14-8-16-39-40(36)37-13-6-7-15-38(37)47-39;1-2-9-31(10-3-1)41-44-42(32-19-14-29(15-20-32)35-23-18-28-8-4-5-11-34(28)26-35)46-43(45-41)33-21-16-30(17-22-33)36-24-25-40-38(27-36)37-12-6-7-13-39(37)47-40;1-2-9-31(10-3-1)41-44-42(32-19-14-29(15-20-32)35-23-18-28-8-4-5-11-34(28)26-35)46-43(45-41)33-21-16-30(17-22-33)36-24-25-38-37-12-6-7-13-39(37)47-40(38)27-36/h3*1-27H. The van der Waals surface area contributed by atoms with E-state index in [4.69, 9.17) is 58.1 Å². The van der Waals surface area contributed by atoms with E-state index in [0.29, 0.717) is 52.4 Å². The van der Waals surface area contributed by atoms with Gasteiger partial charge in [0.15, 0.2) is 52.4 Å². The Morgan fingerprint density at radius 2 is 0.340 bits per heavy atom. The second-order valence-corrected chi connectivity index (χ2v) is 35.1. The lowest BCUT2D eigenvalue weighted by Crippen LogP contribution is -2.00. The van der Waals surface area contributed by atoms with Gasteiger partial charge in [-0.3, -0.25) is 0 Å². The minimum Gasteiger partial charge on any atom is -0.456 e. The van der Waals surface area contributed by atoms with Gasteiger partial charge < -0.3 is 13.3 Å². The molecule has 0 fully saturated rings. The minimum absolute atomic E-state index is 0.631. The van der Waals surface area contributed by atoms with Crippen molar-refractivity contribution in [1.29, 1.82) is 0 Å². The van der Waals surface area contributed by atoms with Gasteiger partial charge in [0.05, 0.1) is 0 Å². The van der Waals surface area contributed by atoms with Gasteiger partial charge in [0, 0.05) is 82.4 Å². The molecule has 12 heteroatoms. The molecule has 0 amide bonds. The summed E-state index contributed by atoms with van der Waals surface area (Å²) in [5, 5.41) is 14.1. The minimum atomic E-state index is 0.631. The Morgan fingerprint density at radius 3 is 0.709 bits per heavy atom. The van der Waals surface area contributed by atoms with Crippen LogP contribution in [0, 0.1) is 0 Å². The van der Waals surface area contributed by atoms with E-state index in [1.54, 1.807) is 0 Å². The van der Waals surface area contributed by atoms with Crippen LogP contribution in [0.3, 0.4) is 0 Å². The number of furan rings is 3. The molecule has 660 valence electrons. The first-order valence-electron chi connectivity index (χ1n) is 47.1. The van der Waals surface area contributed by atoms with Gasteiger partial charge in [-0.1, -0.05) is 425 Å². The molecule has 0 spiro atoms. The number of hydrogen-bond donors (Lipinski definition) is 0. The van der Waals surface area contributed by atoms with E-state index in [1.807, 2.05) is 158 Å². The summed E-state index contributed by atoms with van der Waals surface area (Å²) >= 11 is 0. The van der Waals surface area contributed by atoms with Gasteiger partial charge in [0.2, 0.25) is 0 Å². The maximum absolute atomic E-state index is 6.14. The molecule has 27 rings (SSSR count). The number of benzene rings is 21. The van der Waals surface area contributed by atoms with Crippen molar-refractivity contribution in [3.63, 3.8) is 0 Å². The first-order chi connectivity index (χ1) is 69.8. The monoisotopic (exact) mass is 1800 g/mol. The molecule has 27 aromatic rings. The van der Waals surface area contributed by atoms with E-state index >= 15 is 0 Å². The van der Waals surface area contributed by atoms with Crippen LogP contribution in [0.2, 0.25) is 0 Å². The van der Waals surface area contributed by atoms with Crippen molar-refractivity contribution in [3.05, 3.63) is 491 Å². The van der Waals surface area contributed by atoms with Gasteiger partial charge in [0.1, 0.15) is 33.5 Å². The molecule has 0 bridgehead atoms. The zero-order valence-electron chi connectivity index (χ0n) is 76.0. The summed E-state index contributed by atoms with van der Waals surface area (Å²) in [6.07, 6.45) is 0. The highest BCUT2D eigenvalue weighted by Crippen LogP contribution is 2.42. The Labute approximate surface area is 811 Å². The lowest BCUT2D eigenvalue weighted by atomic mass is 9.98. The molecule has 0 aliphatic carbocycles. The first kappa shape index (κ1) is 83.6. The lowest BCUT2D eigenvalue weighted by molar-refractivity contribution is 0.668. The van der Waals surface area contributed by atoms with Gasteiger partial charge in [0.25, 0.3) is 0 Å². The molecular formula is C129H81N9O3. The zero-order valence-corrected chi connectivity index (χ0v) is 76.0. The summed E-state index contributed by atoms with van der Waals surface area (Å²) in [5.74, 6) is 5.74. The van der Waals surface area contributed by atoms with Gasteiger partial charge in [-0.25, -0.2) is 44.9 Å². The molecule has 6 aromatic heterocycles. The van der Waals surface area contributed by atoms with Crippen LogP contribution >= 0.6 is 0 Å². The summed E-state index contributed by atoms with van der Waals surface area (Å²) in [6.45, 7) is 0. The summed E-state index contributed by atoms with van der Waals surface area (Å²) < 4.78 is 18.3. The molecule has 21 aromatic carbocycles. The van der Waals surface area contributed by atoms with E-state index < -0.39 is 0 Å². The average Bonchev–Trinajstić information content (AvgIpc) is 1.65. The summed E-state index contributed by atoms with van der Waals surface area (Å²) in [4.78, 5) is 44.5. The molecule has 141 heavy (non-hydrogen) atoms. The molecule has 0 aliphatic rings. The topological polar surface area (TPSA) is 155 Å². The number of aromatic nitrogens is 9. The van der Waals surface area contributed by atoms with Crippen LogP contribution in [0.4, 0.5) is 0 Å². The van der Waals surface area contributed by atoms with Crippen LogP contribution in [0.5, 0.6) is 0 Å². The second kappa shape index (κ2) is 36.6. The van der Waals surface area contributed by atoms with E-state index in [2.05, 4.69) is 334 Å². The predicted octanol–water partition coefficient (Wildman–Crippen LogP) is 33.8. The smallest absolute Gasteiger partial charge is 0.164 e. The van der Waals surface area contributed by atoms with Crippen LogP contribution in [0.25, 0.3) is 267 Å². The van der Waals surface area contributed by atoms with Crippen LogP contribution in [0.1, 0.15) is 0 Å². The molecule has 0 aliphatic heterocycles. The zero-order chi connectivity index (χ0) is 93.5. The summed E-state index contributed by atoms with van der Waals surface area (Å²) in [6, 6.07) is 169. The molecule has 0 radical (unpaired) electrons. The third kappa shape index (κ3) is 16.9. The second-order valence-electron chi connectivity index (χ2n) is 35.1. The normalized spacial score (nSPS) is 11.4. The Balaban J connectivity index is 0.000000111. The highest BCUT2D eigenvalue weighted by molar-refractivity contribution is 6.13. The quantitative estimate of drug-likeness (QED) is 0.0959. The van der Waals surface area contributed by atoms with Crippen molar-refractivity contribution in [2.45, 2.75) is 0 Å². The van der Waals surface area contributed by atoms with Crippen molar-refractivity contribution in [2.75, 3.05) is 0 Å². The summed E-state index contributed by atoms with van der Waals surface area (Å²) in [5.41, 5.74) is 27.4. The van der Waals surface area contributed by atoms with Crippen molar-refractivity contribution in [2.24, 2.45) is 0 Å². The fraction of sp³-hybridized carbons (Fsp3) is 0. The van der Waals surface area contributed by atoms with Crippen molar-refractivity contribution < 1.29 is 13.3 Å². The Kier molecular flexibility index (Phi) is 21.7. The number of fused-ring (bicyclic) bond motifs is 12. The number of hydrogen-bond acceptors (Lipinski definition) is 12. The largest absolute Gasteiger partial charge is 0.456 e. The number of nitrogens with zero attached hydrogens (tertiary/aromatic N) is 9. The van der Waals surface area contributed by atoms with E-state index in [9.17, 15) is 0 Å². The highest BCUT2D eigenvalue weighted by Gasteiger charge is 2.21. The first-order valence-corrected chi connectivity index (χ1v) is 47.1. The average molecular weight is 1810 g/mol. The number of rotatable bonds is 15. The SMILES string of the molecule is c1ccc(-c2nc(-c3ccc(-c4ccc5ccccc5c4)cc3)nc(-c3ccc(-c4ccc5c(c4)oc4ccccc45)cc3)n2)cc1.c1ccc(-c2nc(-c3ccc(-c4ccc5ccccc5c4)cc3)nc(-c3ccc(-c4ccc5oc6ccccc6c5c4)cc3)n2)cc1.c1ccc(-c2nc(-c3ccc(-c4ccc5ccccc5c4)cc3)nc(-c3ccc(-c4cccc5oc6ccccc6c45)cc3)n2)cc1. The van der Waals surface area contributed by atoms with E-state index in [0.717, 1.165) is 166 Å². The van der Waals surface area contributed by atoms with E-state index in [-0.39, 0.29) is 0 Å². The maximum atomic E-state index is 6.14. The lowest BCUT2D eigenvalue weighted by Gasteiger charge is -2.10. The van der Waals surface area contributed by atoms with Crippen molar-refractivity contribution in [1.82, 2.24) is 44.9 Å². The fourth-order valence-corrected chi connectivity index (χ4v) is 18.8. The highest BCUT2D eigenvalue weighted by atomic mass is 16.3. The molecular weight excluding hydrogens is 1720 g/mol. The van der Waals surface area contributed by atoms with Crippen LogP contribution in [0.15, 0.2) is 505 Å². The van der Waals surface area contributed by atoms with Gasteiger partial charge in [-0.15, -0.1) is 0 Å². The molecule has 0 saturated heterocycles. The fourth-order valence-electron chi connectivity index (χ4n) is 18.8. The van der Waals surface area contributed by atoms with Crippen LogP contribution in [-0.4, -0.2) is 44.9 Å². The van der Waals surface area contributed by atoms with Crippen molar-refractivity contribution >= 4 is 98.1 Å².